The Bertz CT molecular complexity index is 1030. The van der Waals surface area contributed by atoms with Gasteiger partial charge in [-0.2, -0.15) is 0 Å². The molecule has 3 aromatic carbocycles. The second-order valence-electron chi connectivity index (χ2n) is 7.29. The molecule has 0 saturated carbocycles. The van der Waals surface area contributed by atoms with Gasteiger partial charge in [0.2, 0.25) is 0 Å². The standard InChI is InChI=1S/C26H24FNO/c1-28-18-23(12-14-24(28)16-20-8-4-2-5-9-20)22-13-15-26(25(27)17-22)29-19-21-10-6-3-7-11-21/h2-15,17H,16,18-19H2,1H3. The van der Waals surface area contributed by atoms with Crippen molar-refractivity contribution in [2.24, 2.45) is 0 Å². The average Bonchev–Trinajstić information content (AvgIpc) is 2.76. The molecule has 1 aliphatic heterocycles. The largest absolute Gasteiger partial charge is 0.486 e. The maximum absolute atomic E-state index is 14.6. The summed E-state index contributed by atoms with van der Waals surface area (Å²) >= 11 is 0. The van der Waals surface area contributed by atoms with Crippen molar-refractivity contribution in [1.29, 1.82) is 0 Å². The van der Waals surface area contributed by atoms with Crippen LogP contribution in [0.1, 0.15) is 16.7 Å². The van der Waals surface area contributed by atoms with Gasteiger partial charge in [-0.1, -0.05) is 72.8 Å². The molecule has 0 amide bonds. The predicted molar refractivity (Wildman–Crippen MR) is 116 cm³/mol. The van der Waals surface area contributed by atoms with Crippen LogP contribution in [-0.4, -0.2) is 18.5 Å². The number of rotatable bonds is 6. The fraction of sp³-hybridized carbons (Fsp3) is 0.154. The first-order valence-corrected chi connectivity index (χ1v) is 9.80. The average molecular weight is 385 g/mol. The van der Waals surface area contributed by atoms with Crippen molar-refractivity contribution < 1.29 is 9.13 Å². The molecule has 0 radical (unpaired) electrons. The van der Waals surface area contributed by atoms with Crippen LogP contribution in [0.15, 0.2) is 96.7 Å². The third-order valence-corrected chi connectivity index (χ3v) is 5.14. The van der Waals surface area contributed by atoms with E-state index < -0.39 is 0 Å². The van der Waals surface area contributed by atoms with Gasteiger partial charge in [-0.05, 0) is 40.5 Å². The van der Waals surface area contributed by atoms with Gasteiger partial charge < -0.3 is 9.64 Å². The number of nitrogens with zero attached hydrogens (tertiary/aromatic N) is 1. The summed E-state index contributed by atoms with van der Waals surface area (Å²) < 4.78 is 20.2. The lowest BCUT2D eigenvalue weighted by atomic mass is 9.99. The molecule has 29 heavy (non-hydrogen) atoms. The number of hydrogen-bond donors (Lipinski definition) is 0. The Morgan fingerprint density at radius 1 is 0.862 bits per heavy atom. The highest BCUT2D eigenvalue weighted by Crippen LogP contribution is 2.27. The van der Waals surface area contributed by atoms with Gasteiger partial charge in [-0.3, -0.25) is 0 Å². The quantitative estimate of drug-likeness (QED) is 0.527. The lowest BCUT2D eigenvalue weighted by Crippen LogP contribution is -2.24. The number of likely N-dealkylation sites (N-methyl/N-ethyl adjacent to an activating group) is 1. The van der Waals surface area contributed by atoms with Crippen LogP contribution >= 0.6 is 0 Å². The zero-order valence-corrected chi connectivity index (χ0v) is 16.5. The van der Waals surface area contributed by atoms with E-state index in [1.54, 1.807) is 12.1 Å². The summed E-state index contributed by atoms with van der Waals surface area (Å²) in [7, 11) is 2.08. The van der Waals surface area contributed by atoms with Crippen LogP contribution in [0.2, 0.25) is 0 Å². The van der Waals surface area contributed by atoms with Gasteiger partial charge in [0.25, 0.3) is 0 Å². The Morgan fingerprint density at radius 2 is 1.55 bits per heavy atom. The van der Waals surface area contributed by atoms with E-state index in [2.05, 4.69) is 48.4 Å². The molecule has 3 heteroatoms. The number of halogens is 1. The second kappa shape index (κ2) is 8.78. The SMILES string of the molecule is CN1CC(c2ccc(OCc3ccccc3)c(F)c2)=CC=C1Cc1ccccc1. The van der Waals surface area contributed by atoms with Crippen molar-refractivity contribution in [2.75, 3.05) is 13.6 Å². The van der Waals surface area contributed by atoms with Crippen molar-refractivity contribution >= 4 is 5.57 Å². The highest BCUT2D eigenvalue weighted by Gasteiger charge is 2.15. The smallest absolute Gasteiger partial charge is 0.165 e. The minimum Gasteiger partial charge on any atom is -0.486 e. The number of ether oxygens (including phenoxy) is 1. The van der Waals surface area contributed by atoms with Crippen molar-refractivity contribution in [3.63, 3.8) is 0 Å². The van der Waals surface area contributed by atoms with E-state index in [0.29, 0.717) is 6.61 Å². The van der Waals surface area contributed by atoms with Crippen LogP contribution in [0.5, 0.6) is 5.75 Å². The maximum Gasteiger partial charge on any atom is 0.165 e. The summed E-state index contributed by atoms with van der Waals surface area (Å²) in [6, 6.07) is 25.4. The first kappa shape index (κ1) is 19.0. The summed E-state index contributed by atoms with van der Waals surface area (Å²) in [5.41, 5.74) is 5.54. The molecule has 3 aromatic rings. The van der Waals surface area contributed by atoms with E-state index >= 15 is 0 Å². The molecule has 0 unspecified atom stereocenters. The molecule has 4 rings (SSSR count). The Hall–Kier alpha value is -3.33. The first-order valence-electron chi connectivity index (χ1n) is 9.80. The van der Waals surface area contributed by atoms with Crippen molar-refractivity contribution in [3.05, 3.63) is 119 Å². The third kappa shape index (κ3) is 4.75. The molecule has 0 spiro atoms. The number of allylic oxidation sites excluding steroid dienone is 3. The van der Waals surface area contributed by atoms with Gasteiger partial charge in [0.15, 0.2) is 11.6 Å². The van der Waals surface area contributed by atoms with E-state index in [0.717, 1.165) is 29.7 Å². The van der Waals surface area contributed by atoms with Crippen LogP contribution < -0.4 is 4.74 Å². The van der Waals surface area contributed by atoms with Gasteiger partial charge in [-0.25, -0.2) is 4.39 Å². The van der Waals surface area contributed by atoms with E-state index in [4.69, 9.17) is 4.74 Å². The second-order valence-corrected chi connectivity index (χ2v) is 7.29. The molecule has 0 fully saturated rings. The fourth-order valence-corrected chi connectivity index (χ4v) is 3.47. The molecule has 0 bridgehead atoms. The topological polar surface area (TPSA) is 12.5 Å². The normalized spacial score (nSPS) is 13.7. The molecule has 0 N–H and O–H groups in total. The Morgan fingerprint density at radius 3 is 2.21 bits per heavy atom. The molecule has 146 valence electrons. The summed E-state index contributed by atoms with van der Waals surface area (Å²) in [6.07, 6.45) is 5.11. The summed E-state index contributed by atoms with van der Waals surface area (Å²) in [5, 5.41) is 0. The Kier molecular flexibility index (Phi) is 5.76. The van der Waals surface area contributed by atoms with Gasteiger partial charge in [0, 0.05) is 25.7 Å². The highest BCUT2D eigenvalue weighted by atomic mass is 19.1. The molecule has 1 heterocycles. The highest BCUT2D eigenvalue weighted by molar-refractivity contribution is 5.70. The Balaban J connectivity index is 1.46. The molecule has 0 aromatic heterocycles. The van der Waals surface area contributed by atoms with Gasteiger partial charge in [0.05, 0.1) is 0 Å². The van der Waals surface area contributed by atoms with Crippen LogP contribution in [0, 0.1) is 5.82 Å². The number of hydrogen-bond acceptors (Lipinski definition) is 2. The first-order chi connectivity index (χ1) is 14.2. The van der Waals surface area contributed by atoms with Gasteiger partial charge in [-0.15, -0.1) is 0 Å². The lowest BCUT2D eigenvalue weighted by Gasteiger charge is -2.28. The van der Waals surface area contributed by atoms with Crippen molar-refractivity contribution in [2.45, 2.75) is 13.0 Å². The summed E-state index contributed by atoms with van der Waals surface area (Å²) in [4.78, 5) is 2.22. The summed E-state index contributed by atoms with van der Waals surface area (Å²) in [5.74, 6) is -0.0521. The van der Waals surface area contributed by atoms with Crippen LogP contribution in [0.3, 0.4) is 0 Å². The third-order valence-electron chi connectivity index (χ3n) is 5.14. The zero-order chi connectivity index (χ0) is 20.1. The molecule has 0 atom stereocenters. The number of benzene rings is 3. The minimum atomic E-state index is -0.332. The van der Waals surface area contributed by atoms with Gasteiger partial charge in [0.1, 0.15) is 6.61 Å². The van der Waals surface area contributed by atoms with Crippen LogP contribution in [-0.2, 0) is 13.0 Å². The molecular weight excluding hydrogens is 361 g/mol. The van der Waals surface area contributed by atoms with Crippen LogP contribution in [0.25, 0.3) is 5.57 Å². The molecule has 0 aliphatic carbocycles. The predicted octanol–water partition coefficient (Wildman–Crippen LogP) is 5.86. The van der Waals surface area contributed by atoms with E-state index in [1.807, 2.05) is 42.5 Å². The molecule has 1 aliphatic rings. The van der Waals surface area contributed by atoms with E-state index in [1.165, 1.54) is 11.3 Å². The molecular formula is C26H24FNO. The van der Waals surface area contributed by atoms with Crippen molar-refractivity contribution in [3.8, 4) is 5.75 Å². The lowest BCUT2D eigenvalue weighted by molar-refractivity contribution is 0.290. The Labute approximate surface area is 171 Å². The monoisotopic (exact) mass is 385 g/mol. The zero-order valence-electron chi connectivity index (χ0n) is 16.5. The molecule has 0 saturated heterocycles. The van der Waals surface area contributed by atoms with Crippen LogP contribution in [0.4, 0.5) is 4.39 Å². The van der Waals surface area contributed by atoms with Gasteiger partial charge >= 0.3 is 0 Å². The summed E-state index contributed by atoms with van der Waals surface area (Å²) in [6.45, 7) is 1.11. The maximum atomic E-state index is 14.6. The van der Waals surface area contributed by atoms with E-state index in [-0.39, 0.29) is 11.6 Å². The minimum absolute atomic E-state index is 0.280. The van der Waals surface area contributed by atoms with Crippen molar-refractivity contribution in [1.82, 2.24) is 4.90 Å². The fourth-order valence-electron chi connectivity index (χ4n) is 3.47. The van der Waals surface area contributed by atoms with E-state index in [9.17, 15) is 4.39 Å². The molecule has 2 nitrogen and oxygen atoms in total.